The molecular weight excluding hydrogens is 228 g/mol. The first-order valence-corrected chi connectivity index (χ1v) is 6.26. The largest absolute Gasteiger partial charge is 0.384 e. The van der Waals surface area contributed by atoms with Gasteiger partial charge in [-0.15, -0.1) is 0 Å². The number of piperazine rings is 1. The van der Waals surface area contributed by atoms with E-state index in [9.17, 15) is 4.79 Å². The SMILES string of the molecule is CC(=O)N1CCN(Cc2ccc(N)nc2)CC1C. The molecule has 0 spiro atoms. The van der Waals surface area contributed by atoms with Gasteiger partial charge in [-0.2, -0.15) is 0 Å². The standard InChI is InChI=1S/C13H20N4O/c1-10-8-16(5-6-17(10)11(2)18)9-12-3-4-13(14)15-7-12/h3-4,7,10H,5-6,8-9H2,1-2H3,(H2,14,15). The Balaban J connectivity index is 1.93. The Morgan fingerprint density at radius 3 is 2.83 bits per heavy atom. The van der Waals surface area contributed by atoms with E-state index >= 15 is 0 Å². The molecule has 0 bridgehead atoms. The summed E-state index contributed by atoms with van der Waals surface area (Å²) >= 11 is 0. The third kappa shape index (κ3) is 2.98. The molecule has 1 aliphatic heterocycles. The molecule has 1 aromatic heterocycles. The van der Waals surface area contributed by atoms with Gasteiger partial charge in [-0.3, -0.25) is 9.69 Å². The van der Waals surface area contributed by atoms with Gasteiger partial charge in [-0.05, 0) is 18.6 Å². The Kier molecular flexibility index (Phi) is 3.81. The van der Waals surface area contributed by atoms with Crippen LogP contribution >= 0.6 is 0 Å². The van der Waals surface area contributed by atoms with Gasteiger partial charge in [0.1, 0.15) is 5.82 Å². The van der Waals surface area contributed by atoms with Gasteiger partial charge < -0.3 is 10.6 Å². The lowest BCUT2D eigenvalue weighted by Crippen LogP contribution is -2.52. The van der Waals surface area contributed by atoms with E-state index in [1.807, 2.05) is 23.2 Å². The molecule has 1 saturated heterocycles. The second-order valence-electron chi connectivity index (χ2n) is 4.89. The second kappa shape index (κ2) is 5.35. The van der Waals surface area contributed by atoms with Crippen molar-refractivity contribution >= 4 is 11.7 Å². The average molecular weight is 248 g/mol. The number of hydrogen-bond acceptors (Lipinski definition) is 4. The van der Waals surface area contributed by atoms with Crippen molar-refractivity contribution in [2.75, 3.05) is 25.4 Å². The number of rotatable bonds is 2. The molecule has 0 aromatic carbocycles. The van der Waals surface area contributed by atoms with Crippen LogP contribution in [0.15, 0.2) is 18.3 Å². The van der Waals surface area contributed by atoms with Crippen molar-refractivity contribution in [2.24, 2.45) is 0 Å². The molecule has 1 unspecified atom stereocenters. The maximum Gasteiger partial charge on any atom is 0.219 e. The first-order chi connectivity index (χ1) is 8.56. The first-order valence-electron chi connectivity index (χ1n) is 6.26. The Morgan fingerprint density at radius 1 is 1.50 bits per heavy atom. The van der Waals surface area contributed by atoms with Gasteiger partial charge in [0.05, 0.1) is 0 Å². The molecule has 2 heterocycles. The van der Waals surface area contributed by atoms with E-state index in [2.05, 4.69) is 16.8 Å². The van der Waals surface area contributed by atoms with Gasteiger partial charge in [0.15, 0.2) is 0 Å². The lowest BCUT2D eigenvalue weighted by Gasteiger charge is -2.39. The molecule has 0 radical (unpaired) electrons. The molecular formula is C13H20N4O. The zero-order valence-electron chi connectivity index (χ0n) is 11.0. The molecule has 5 nitrogen and oxygen atoms in total. The average Bonchev–Trinajstić information content (AvgIpc) is 2.32. The highest BCUT2D eigenvalue weighted by atomic mass is 16.2. The van der Waals surface area contributed by atoms with Crippen molar-refractivity contribution in [3.8, 4) is 0 Å². The molecule has 1 fully saturated rings. The van der Waals surface area contributed by atoms with Gasteiger partial charge >= 0.3 is 0 Å². The van der Waals surface area contributed by atoms with Crippen LogP contribution in [0.5, 0.6) is 0 Å². The Labute approximate surface area is 108 Å². The van der Waals surface area contributed by atoms with E-state index in [1.165, 1.54) is 0 Å². The fourth-order valence-electron chi connectivity index (χ4n) is 2.43. The summed E-state index contributed by atoms with van der Waals surface area (Å²) in [6.45, 7) is 7.21. The molecule has 1 aliphatic rings. The van der Waals surface area contributed by atoms with Crippen LogP contribution in [0, 0.1) is 0 Å². The van der Waals surface area contributed by atoms with E-state index < -0.39 is 0 Å². The first kappa shape index (κ1) is 12.8. The highest BCUT2D eigenvalue weighted by Crippen LogP contribution is 2.13. The molecule has 1 aromatic rings. The second-order valence-corrected chi connectivity index (χ2v) is 4.89. The smallest absolute Gasteiger partial charge is 0.219 e. The van der Waals surface area contributed by atoms with E-state index in [0.29, 0.717) is 5.82 Å². The van der Waals surface area contributed by atoms with Crippen molar-refractivity contribution in [1.82, 2.24) is 14.8 Å². The lowest BCUT2D eigenvalue weighted by molar-refractivity contribution is -0.133. The Bertz CT molecular complexity index is 418. The fourth-order valence-corrected chi connectivity index (χ4v) is 2.43. The van der Waals surface area contributed by atoms with Crippen molar-refractivity contribution in [3.63, 3.8) is 0 Å². The van der Waals surface area contributed by atoms with E-state index in [4.69, 9.17) is 5.73 Å². The van der Waals surface area contributed by atoms with Crippen LogP contribution in [0.4, 0.5) is 5.82 Å². The number of anilines is 1. The number of pyridine rings is 1. The minimum absolute atomic E-state index is 0.163. The molecule has 2 rings (SSSR count). The van der Waals surface area contributed by atoms with Crippen LogP contribution in [0.2, 0.25) is 0 Å². The highest BCUT2D eigenvalue weighted by Gasteiger charge is 2.25. The summed E-state index contributed by atoms with van der Waals surface area (Å²) in [6, 6.07) is 4.10. The van der Waals surface area contributed by atoms with E-state index in [-0.39, 0.29) is 11.9 Å². The number of hydrogen-bond donors (Lipinski definition) is 1. The summed E-state index contributed by atoms with van der Waals surface area (Å²) in [4.78, 5) is 19.8. The normalized spacial score (nSPS) is 21.0. The van der Waals surface area contributed by atoms with Gasteiger partial charge in [0.25, 0.3) is 0 Å². The fraction of sp³-hybridized carbons (Fsp3) is 0.538. The van der Waals surface area contributed by atoms with Crippen molar-refractivity contribution in [1.29, 1.82) is 0 Å². The molecule has 0 aliphatic carbocycles. The molecule has 0 saturated carbocycles. The summed E-state index contributed by atoms with van der Waals surface area (Å²) in [7, 11) is 0. The number of carbonyl (C=O) groups excluding carboxylic acids is 1. The third-order valence-corrected chi connectivity index (χ3v) is 3.37. The maximum absolute atomic E-state index is 11.4. The zero-order valence-corrected chi connectivity index (χ0v) is 11.0. The summed E-state index contributed by atoms with van der Waals surface area (Å²) in [6.07, 6.45) is 1.82. The monoisotopic (exact) mass is 248 g/mol. The molecule has 5 heteroatoms. The quantitative estimate of drug-likeness (QED) is 0.837. The van der Waals surface area contributed by atoms with E-state index in [1.54, 1.807) is 6.92 Å². The van der Waals surface area contributed by atoms with Crippen LogP contribution in [-0.4, -0.2) is 46.4 Å². The van der Waals surface area contributed by atoms with E-state index in [0.717, 1.165) is 31.7 Å². The van der Waals surface area contributed by atoms with Crippen LogP contribution in [0.25, 0.3) is 0 Å². The van der Waals surface area contributed by atoms with Crippen LogP contribution in [-0.2, 0) is 11.3 Å². The Morgan fingerprint density at radius 2 is 2.28 bits per heavy atom. The van der Waals surface area contributed by atoms with Crippen LogP contribution < -0.4 is 5.73 Å². The van der Waals surface area contributed by atoms with Crippen molar-refractivity contribution < 1.29 is 4.79 Å². The van der Waals surface area contributed by atoms with Gasteiger partial charge in [-0.1, -0.05) is 6.07 Å². The van der Waals surface area contributed by atoms with Gasteiger partial charge in [0.2, 0.25) is 5.91 Å². The van der Waals surface area contributed by atoms with Gasteiger partial charge in [0, 0.05) is 45.3 Å². The highest BCUT2D eigenvalue weighted by molar-refractivity contribution is 5.73. The number of nitrogens with zero attached hydrogens (tertiary/aromatic N) is 3. The summed E-state index contributed by atoms with van der Waals surface area (Å²) < 4.78 is 0. The number of amides is 1. The number of nitrogens with two attached hydrogens (primary N) is 1. The van der Waals surface area contributed by atoms with Crippen molar-refractivity contribution in [3.05, 3.63) is 23.9 Å². The molecule has 1 atom stereocenters. The third-order valence-electron chi connectivity index (χ3n) is 3.37. The van der Waals surface area contributed by atoms with Crippen LogP contribution in [0.3, 0.4) is 0 Å². The Hall–Kier alpha value is -1.62. The molecule has 2 N–H and O–H groups in total. The summed E-state index contributed by atoms with van der Waals surface area (Å²) in [5, 5.41) is 0. The predicted octanol–water partition coefficient (Wildman–Crippen LogP) is 0.716. The number of carbonyl (C=O) groups is 1. The number of aromatic nitrogens is 1. The predicted molar refractivity (Wildman–Crippen MR) is 70.8 cm³/mol. The van der Waals surface area contributed by atoms with Crippen molar-refractivity contribution in [2.45, 2.75) is 26.4 Å². The minimum Gasteiger partial charge on any atom is -0.384 e. The zero-order chi connectivity index (χ0) is 13.1. The van der Waals surface area contributed by atoms with Crippen LogP contribution in [0.1, 0.15) is 19.4 Å². The van der Waals surface area contributed by atoms with Gasteiger partial charge in [-0.25, -0.2) is 4.98 Å². The number of nitrogen functional groups attached to an aromatic ring is 1. The maximum atomic E-state index is 11.4. The molecule has 18 heavy (non-hydrogen) atoms. The molecule has 1 amide bonds. The summed E-state index contributed by atoms with van der Waals surface area (Å²) in [5.74, 6) is 0.713. The minimum atomic E-state index is 0.163. The lowest BCUT2D eigenvalue weighted by atomic mass is 10.1. The topological polar surface area (TPSA) is 62.5 Å². The summed E-state index contributed by atoms with van der Waals surface area (Å²) in [5.41, 5.74) is 6.72. The molecule has 98 valence electrons.